The lowest BCUT2D eigenvalue weighted by Gasteiger charge is -2.10. The average molecular weight is 374 g/mol. The maximum atomic E-state index is 12.5. The Kier molecular flexibility index (Phi) is 4.16. The molecule has 2 aromatic carbocycles. The van der Waals surface area contributed by atoms with E-state index in [9.17, 15) is 9.59 Å². The summed E-state index contributed by atoms with van der Waals surface area (Å²) in [5, 5.41) is 12.5. The molecule has 1 aromatic heterocycles. The van der Waals surface area contributed by atoms with Gasteiger partial charge < -0.3 is 14.8 Å². The number of furan rings is 1. The van der Waals surface area contributed by atoms with Crippen LogP contribution < -0.4 is 5.32 Å². The van der Waals surface area contributed by atoms with Gasteiger partial charge in [0.1, 0.15) is 5.58 Å². The number of hydrogen-bond donors (Lipinski definition) is 2. The molecule has 23 heavy (non-hydrogen) atoms. The minimum absolute atomic E-state index is 0.152. The number of carbonyl (C=O) groups excluding carboxylic acids is 1. The lowest BCUT2D eigenvalue weighted by atomic mass is 10.1. The predicted octanol–water partition coefficient (Wildman–Crippen LogP) is 4.07. The fraction of sp³-hybridized carbons (Fsp3) is 0.0588. The van der Waals surface area contributed by atoms with Gasteiger partial charge in [0, 0.05) is 16.6 Å². The molecule has 1 heterocycles. The Morgan fingerprint density at radius 3 is 2.74 bits per heavy atom. The van der Waals surface area contributed by atoms with E-state index in [0.717, 1.165) is 5.39 Å². The van der Waals surface area contributed by atoms with Gasteiger partial charge in [0.15, 0.2) is 0 Å². The third kappa shape index (κ3) is 3.27. The number of nitrogens with one attached hydrogen (secondary N) is 1. The molecule has 6 heteroatoms. The second kappa shape index (κ2) is 6.26. The molecule has 116 valence electrons. The molecule has 0 saturated heterocycles. The first-order valence-electron chi connectivity index (χ1n) is 6.82. The maximum absolute atomic E-state index is 12.5. The van der Waals surface area contributed by atoms with Gasteiger partial charge in [-0.05, 0) is 45.8 Å². The molecule has 1 amide bonds. The Morgan fingerprint density at radius 2 is 1.96 bits per heavy atom. The first-order valence-corrected chi connectivity index (χ1v) is 7.61. The standard InChI is InChI=1S/C17H12BrNO4/c18-13-8-12(7-11-5-6-23-16(11)13)17(22)19-14-4-2-1-3-10(14)9-15(20)21/h1-8H,9H2,(H,19,22)(H,20,21). The van der Waals surface area contributed by atoms with Gasteiger partial charge in [-0.3, -0.25) is 9.59 Å². The largest absolute Gasteiger partial charge is 0.481 e. The molecule has 0 aliphatic rings. The molecule has 3 rings (SSSR count). The smallest absolute Gasteiger partial charge is 0.307 e. The number of carbonyl (C=O) groups is 2. The van der Waals surface area contributed by atoms with Crippen molar-refractivity contribution >= 4 is 44.5 Å². The summed E-state index contributed by atoms with van der Waals surface area (Å²) >= 11 is 3.38. The summed E-state index contributed by atoms with van der Waals surface area (Å²) in [5.74, 6) is -1.26. The van der Waals surface area contributed by atoms with Crippen LogP contribution >= 0.6 is 15.9 Å². The Bertz CT molecular complexity index is 900. The van der Waals surface area contributed by atoms with Gasteiger partial charge in [-0.2, -0.15) is 0 Å². The second-order valence-electron chi connectivity index (χ2n) is 4.98. The highest BCUT2D eigenvalue weighted by atomic mass is 79.9. The number of aliphatic carboxylic acids is 1. The molecule has 0 fully saturated rings. The van der Waals surface area contributed by atoms with E-state index in [1.807, 2.05) is 0 Å². The summed E-state index contributed by atoms with van der Waals surface area (Å²) in [5.41, 5.74) is 2.17. The van der Waals surface area contributed by atoms with Crippen LogP contribution in [0.1, 0.15) is 15.9 Å². The molecular formula is C17H12BrNO4. The zero-order valence-electron chi connectivity index (χ0n) is 11.9. The fourth-order valence-corrected chi connectivity index (χ4v) is 2.89. The van der Waals surface area contributed by atoms with Crippen molar-refractivity contribution in [3.05, 3.63) is 64.3 Å². The summed E-state index contributed by atoms with van der Waals surface area (Å²) in [4.78, 5) is 23.4. The summed E-state index contributed by atoms with van der Waals surface area (Å²) in [7, 11) is 0. The normalized spacial score (nSPS) is 10.7. The highest BCUT2D eigenvalue weighted by molar-refractivity contribution is 9.10. The molecule has 2 N–H and O–H groups in total. The number of fused-ring (bicyclic) bond motifs is 1. The second-order valence-corrected chi connectivity index (χ2v) is 5.83. The Balaban J connectivity index is 1.90. The van der Waals surface area contributed by atoms with Crippen LogP contribution in [0.5, 0.6) is 0 Å². The number of hydrogen-bond acceptors (Lipinski definition) is 3. The van der Waals surface area contributed by atoms with Gasteiger partial charge in [-0.25, -0.2) is 0 Å². The zero-order valence-corrected chi connectivity index (χ0v) is 13.5. The van der Waals surface area contributed by atoms with Crippen LogP contribution in [-0.2, 0) is 11.2 Å². The molecule has 0 unspecified atom stereocenters. The number of benzene rings is 2. The summed E-state index contributed by atoms with van der Waals surface area (Å²) in [6, 6.07) is 12.0. The lowest BCUT2D eigenvalue weighted by molar-refractivity contribution is -0.136. The predicted molar refractivity (Wildman–Crippen MR) is 89.6 cm³/mol. The number of anilines is 1. The first kappa shape index (κ1) is 15.3. The minimum Gasteiger partial charge on any atom is -0.481 e. The number of carboxylic acid groups (broad SMARTS) is 1. The Labute approximate surface area is 140 Å². The van der Waals surface area contributed by atoms with Gasteiger partial charge in [0.25, 0.3) is 5.91 Å². The van der Waals surface area contributed by atoms with Crippen LogP contribution in [-0.4, -0.2) is 17.0 Å². The van der Waals surface area contributed by atoms with E-state index < -0.39 is 5.97 Å². The van der Waals surface area contributed by atoms with Gasteiger partial charge in [0.2, 0.25) is 0 Å². The molecule has 0 aliphatic carbocycles. The van der Waals surface area contributed by atoms with E-state index in [1.165, 1.54) is 0 Å². The van der Waals surface area contributed by atoms with Crippen molar-refractivity contribution in [1.29, 1.82) is 0 Å². The quantitative estimate of drug-likeness (QED) is 0.722. The number of amides is 1. The fourth-order valence-electron chi connectivity index (χ4n) is 2.32. The molecule has 0 aliphatic heterocycles. The third-order valence-corrected chi connectivity index (χ3v) is 3.96. The van der Waals surface area contributed by atoms with Crippen molar-refractivity contribution in [2.45, 2.75) is 6.42 Å². The van der Waals surface area contributed by atoms with Gasteiger partial charge in [0.05, 0.1) is 17.2 Å². The van der Waals surface area contributed by atoms with Crippen LogP contribution in [0.2, 0.25) is 0 Å². The minimum atomic E-state index is -0.950. The summed E-state index contributed by atoms with van der Waals surface area (Å²) < 4.78 is 6.00. The van der Waals surface area contributed by atoms with E-state index in [-0.39, 0.29) is 12.3 Å². The van der Waals surface area contributed by atoms with Gasteiger partial charge in [-0.1, -0.05) is 18.2 Å². The SMILES string of the molecule is O=C(O)Cc1ccccc1NC(=O)c1cc(Br)c2occc2c1. The van der Waals surface area contributed by atoms with Crippen molar-refractivity contribution in [3.8, 4) is 0 Å². The van der Waals surface area contributed by atoms with E-state index in [0.29, 0.717) is 26.9 Å². The number of carboxylic acids is 1. The van der Waals surface area contributed by atoms with Crippen LogP contribution in [0.4, 0.5) is 5.69 Å². The van der Waals surface area contributed by atoms with Gasteiger partial charge in [-0.15, -0.1) is 0 Å². The molecule has 0 spiro atoms. The van der Waals surface area contributed by atoms with Crippen molar-refractivity contribution in [2.75, 3.05) is 5.32 Å². The molecule has 0 atom stereocenters. The van der Waals surface area contributed by atoms with E-state index >= 15 is 0 Å². The number of halogens is 1. The average Bonchev–Trinajstić information content (AvgIpc) is 2.97. The van der Waals surface area contributed by atoms with Crippen LogP contribution in [0.3, 0.4) is 0 Å². The zero-order chi connectivity index (χ0) is 16.4. The molecular weight excluding hydrogens is 362 g/mol. The van der Waals surface area contributed by atoms with Crippen molar-refractivity contribution in [3.63, 3.8) is 0 Å². The Hall–Kier alpha value is -2.60. The van der Waals surface area contributed by atoms with Crippen LogP contribution in [0.15, 0.2) is 57.6 Å². The van der Waals surface area contributed by atoms with E-state index in [2.05, 4.69) is 21.2 Å². The van der Waals surface area contributed by atoms with Crippen LogP contribution in [0, 0.1) is 0 Å². The highest BCUT2D eigenvalue weighted by Crippen LogP contribution is 2.27. The van der Waals surface area contributed by atoms with Crippen molar-refractivity contribution < 1.29 is 19.1 Å². The first-order chi connectivity index (χ1) is 11.0. The van der Waals surface area contributed by atoms with Crippen LogP contribution in [0.25, 0.3) is 11.0 Å². The molecule has 5 nitrogen and oxygen atoms in total. The molecule has 3 aromatic rings. The number of rotatable bonds is 4. The van der Waals surface area contributed by atoms with Gasteiger partial charge >= 0.3 is 5.97 Å². The molecule has 0 bridgehead atoms. The lowest BCUT2D eigenvalue weighted by Crippen LogP contribution is -2.14. The third-order valence-electron chi connectivity index (χ3n) is 3.38. The monoisotopic (exact) mass is 373 g/mol. The molecule has 0 radical (unpaired) electrons. The maximum Gasteiger partial charge on any atom is 0.307 e. The van der Waals surface area contributed by atoms with E-state index in [4.69, 9.17) is 9.52 Å². The topological polar surface area (TPSA) is 79.5 Å². The summed E-state index contributed by atoms with van der Waals surface area (Å²) in [6.45, 7) is 0. The Morgan fingerprint density at radius 1 is 1.17 bits per heavy atom. The number of para-hydroxylation sites is 1. The van der Waals surface area contributed by atoms with E-state index in [1.54, 1.807) is 48.7 Å². The highest BCUT2D eigenvalue weighted by Gasteiger charge is 2.13. The van der Waals surface area contributed by atoms with Crippen molar-refractivity contribution in [2.24, 2.45) is 0 Å². The molecule has 0 saturated carbocycles. The summed E-state index contributed by atoms with van der Waals surface area (Å²) in [6.07, 6.45) is 1.40. The van der Waals surface area contributed by atoms with Crippen molar-refractivity contribution in [1.82, 2.24) is 0 Å².